The Bertz CT molecular complexity index is 323. The Kier molecular flexibility index (Phi) is 21.5. The average molecular weight is 441 g/mol. The lowest BCUT2D eigenvalue weighted by Gasteiger charge is -2.27. The van der Waals surface area contributed by atoms with Crippen LogP contribution in [-0.4, -0.2) is 153 Å². The van der Waals surface area contributed by atoms with Crippen LogP contribution in [0, 0.1) is 0 Å². The molecular formula is C20H44N2O8. The molecule has 10 nitrogen and oxygen atoms in total. The highest BCUT2D eigenvalue weighted by Crippen LogP contribution is 2.00. The van der Waals surface area contributed by atoms with E-state index in [0.717, 1.165) is 0 Å². The van der Waals surface area contributed by atoms with Crippen molar-refractivity contribution in [3.05, 3.63) is 0 Å². The van der Waals surface area contributed by atoms with Crippen LogP contribution >= 0.6 is 0 Å². The van der Waals surface area contributed by atoms with E-state index in [1.165, 1.54) is 0 Å². The lowest BCUT2D eigenvalue weighted by atomic mass is 10.2. The second-order valence-corrected chi connectivity index (χ2v) is 7.09. The number of aliphatic hydroxyl groups excluding tert-OH is 2. The molecule has 10 heteroatoms. The van der Waals surface area contributed by atoms with E-state index in [1.54, 1.807) is 14.2 Å². The number of hydrogen-bond acceptors (Lipinski definition) is 10. The zero-order valence-corrected chi connectivity index (χ0v) is 19.3. The van der Waals surface area contributed by atoms with Gasteiger partial charge in [-0.1, -0.05) is 0 Å². The van der Waals surface area contributed by atoms with Gasteiger partial charge in [0, 0.05) is 40.4 Å². The zero-order chi connectivity index (χ0) is 22.5. The summed E-state index contributed by atoms with van der Waals surface area (Å²) in [6, 6.07) is 0. The minimum Gasteiger partial charge on any atom is -0.389 e. The fraction of sp³-hybridized carbons (Fsp3) is 1.00. The van der Waals surface area contributed by atoms with Gasteiger partial charge in [0.1, 0.15) is 0 Å². The molecule has 30 heavy (non-hydrogen) atoms. The van der Waals surface area contributed by atoms with E-state index in [0.29, 0.717) is 92.2 Å². The maximum Gasteiger partial charge on any atom is 0.0938 e. The molecule has 0 aromatic heterocycles. The average Bonchev–Trinajstić information content (AvgIpc) is 2.71. The summed E-state index contributed by atoms with van der Waals surface area (Å²) in [5.41, 5.74) is 0. The molecule has 0 aromatic carbocycles. The second kappa shape index (κ2) is 21.8. The Morgan fingerprint density at radius 2 is 0.833 bits per heavy atom. The van der Waals surface area contributed by atoms with Crippen LogP contribution in [0.4, 0.5) is 0 Å². The highest BCUT2D eigenvalue weighted by molar-refractivity contribution is 4.73. The predicted molar refractivity (Wildman–Crippen MR) is 114 cm³/mol. The van der Waals surface area contributed by atoms with E-state index in [4.69, 9.17) is 28.4 Å². The van der Waals surface area contributed by atoms with E-state index in [1.807, 2.05) is 23.9 Å². The molecule has 0 aliphatic rings. The third-order valence-corrected chi connectivity index (χ3v) is 4.28. The minimum atomic E-state index is -0.829. The van der Waals surface area contributed by atoms with Crippen molar-refractivity contribution < 1.29 is 38.6 Å². The standard InChI is InChI=1S/C20H44N2O8/c1-21(5-7-27-13-15-29-11-9-25-3)17-19(23)20(24)18-22(2)6-8-28-14-16-30-12-10-26-4/h19-20,23-24H,5-18H2,1-4H3. The number of nitrogens with zero attached hydrogens (tertiary/aromatic N) is 2. The van der Waals surface area contributed by atoms with Gasteiger partial charge in [0.2, 0.25) is 0 Å². The first-order valence-corrected chi connectivity index (χ1v) is 10.5. The number of likely N-dealkylation sites (N-methyl/N-ethyl adjacent to an activating group) is 2. The normalized spacial score (nSPS) is 14.0. The lowest BCUT2D eigenvalue weighted by molar-refractivity contribution is -0.0229. The monoisotopic (exact) mass is 440 g/mol. The third kappa shape index (κ3) is 19.6. The molecule has 0 heterocycles. The van der Waals surface area contributed by atoms with Crippen molar-refractivity contribution in [2.24, 2.45) is 0 Å². The molecule has 182 valence electrons. The molecule has 0 fully saturated rings. The van der Waals surface area contributed by atoms with E-state index < -0.39 is 12.2 Å². The van der Waals surface area contributed by atoms with Gasteiger partial charge in [-0.15, -0.1) is 0 Å². The van der Waals surface area contributed by atoms with Crippen LogP contribution in [0.1, 0.15) is 0 Å². The number of hydrogen-bond donors (Lipinski definition) is 2. The van der Waals surface area contributed by atoms with Crippen LogP contribution in [0.3, 0.4) is 0 Å². The van der Waals surface area contributed by atoms with Crippen molar-refractivity contribution in [1.82, 2.24) is 9.80 Å². The van der Waals surface area contributed by atoms with Gasteiger partial charge in [-0.2, -0.15) is 0 Å². The molecule has 0 aliphatic carbocycles. The molecular weight excluding hydrogens is 396 g/mol. The van der Waals surface area contributed by atoms with Crippen LogP contribution in [0.15, 0.2) is 0 Å². The predicted octanol–water partition coefficient (Wildman–Crippen LogP) is -1.07. The van der Waals surface area contributed by atoms with Crippen molar-refractivity contribution in [1.29, 1.82) is 0 Å². The number of rotatable bonds is 23. The first kappa shape index (κ1) is 29.6. The van der Waals surface area contributed by atoms with Crippen LogP contribution < -0.4 is 0 Å². The molecule has 0 saturated carbocycles. The van der Waals surface area contributed by atoms with Crippen molar-refractivity contribution >= 4 is 0 Å². The first-order valence-electron chi connectivity index (χ1n) is 10.5. The van der Waals surface area contributed by atoms with E-state index >= 15 is 0 Å². The SMILES string of the molecule is COCCOCCOCCN(C)CC(O)C(O)CN(C)CCOCCOCCOC. The van der Waals surface area contributed by atoms with Gasteiger partial charge in [0.05, 0.1) is 78.3 Å². The molecule has 0 radical (unpaired) electrons. The van der Waals surface area contributed by atoms with Crippen molar-refractivity contribution in [2.45, 2.75) is 12.2 Å². The minimum absolute atomic E-state index is 0.373. The van der Waals surface area contributed by atoms with E-state index in [2.05, 4.69) is 0 Å². The Labute approximate surface area is 181 Å². The van der Waals surface area contributed by atoms with Crippen LogP contribution in [0.25, 0.3) is 0 Å². The van der Waals surface area contributed by atoms with Gasteiger partial charge in [0.25, 0.3) is 0 Å². The fourth-order valence-electron chi connectivity index (χ4n) is 2.43. The summed E-state index contributed by atoms with van der Waals surface area (Å²) in [6.45, 7) is 7.55. The summed E-state index contributed by atoms with van der Waals surface area (Å²) in [4.78, 5) is 3.87. The smallest absolute Gasteiger partial charge is 0.0938 e. The van der Waals surface area contributed by atoms with Gasteiger partial charge in [-0.25, -0.2) is 0 Å². The second-order valence-electron chi connectivity index (χ2n) is 7.09. The molecule has 2 N–H and O–H groups in total. The Morgan fingerprint density at radius 1 is 0.533 bits per heavy atom. The van der Waals surface area contributed by atoms with Crippen LogP contribution in [0.5, 0.6) is 0 Å². The highest BCUT2D eigenvalue weighted by Gasteiger charge is 2.19. The molecule has 2 unspecified atom stereocenters. The summed E-state index contributed by atoms with van der Waals surface area (Å²) in [6.07, 6.45) is -1.66. The molecule has 0 spiro atoms. The Morgan fingerprint density at radius 3 is 1.17 bits per heavy atom. The third-order valence-electron chi connectivity index (χ3n) is 4.28. The largest absolute Gasteiger partial charge is 0.389 e. The molecule has 0 aromatic rings. The Balaban J connectivity index is 3.64. The summed E-state index contributed by atoms with van der Waals surface area (Å²) < 4.78 is 31.4. The van der Waals surface area contributed by atoms with Gasteiger partial charge in [-0.3, -0.25) is 0 Å². The number of ether oxygens (including phenoxy) is 6. The van der Waals surface area contributed by atoms with Crippen LogP contribution in [-0.2, 0) is 28.4 Å². The maximum absolute atomic E-state index is 10.2. The molecule has 0 saturated heterocycles. The van der Waals surface area contributed by atoms with Gasteiger partial charge < -0.3 is 48.4 Å². The Hall–Kier alpha value is -0.400. The van der Waals surface area contributed by atoms with E-state index in [9.17, 15) is 10.2 Å². The number of methoxy groups -OCH3 is 2. The molecule has 0 rings (SSSR count). The summed E-state index contributed by atoms with van der Waals surface area (Å²) in [5.74, 6) is 0. The van der Waals surface area contributed by atoms with Crippen molar-refractivity contribution in [3.8, 4) is 0 Å². The van der Waals surface area contributed by atoms with Crippen molar-refractivity contribution in [3.63, 3.8) is 0 Å². The zero-order valence-electron chi connectivity index (χ0n) is 19.3. The highest BCUT2D eigenvalue weighted by atomic mass is 16.5. The molecule has 0 aliphatic heterocycles. The first-order chi connectivity index (χ1) is 14.5. The van der Waals surface area contributed by atoms with E-state index in [-0.39, 0.29) is 0 Å². The van der Waals surface area contributed by atoms with Gasteiger partial charge in [0.15, 0.2) is 0 Å². The lowest BCUT2D eigenvalue weighted by Crippen LogP contribution is -2.44. The van der Waals surface area contributed by atoms with Crippen LogP contribution in [0.2, 0.25) is 0 Å². The molecule has 0 bridgehead atoms. The fourth-order valence-corrected chi connectivity index (χ4v) is 2.43. The van der Waals surface area contributed by atoms with Gasteiger partial charge in [-0.05, 0) is 14.1 Å². The molecule has 2 atom stereocenters. The topological polar surface area (TPSA) is 102 Å². The van der Waals surface area contributed by atoms with Gasteiger partial charge >= 0.3 is 0 Å². The summed E-state index contributed by atoms with van der Waals surface area (Å²) in [7, 11) is 7.05. The van der Waals surface area contributed by atoms with Crippen molar-refractivity contribution in [2.75, 3.05) is 121 Å². The summed E-state index contributed by atoms with van der Waals surface area (Å²) >= 11 is 0. The maximum atomic E-state index is 10.2. The molecule has 0 amide bonds. The quantitative estimate of drug-likeness (QED) is 0.191. The number of aliphatic hydroxyl groups is 2. The summed E-state index contributed by atoms with van der Waals surface area (Å²) in [5, 5.41) is 20.4.